The molecule has 0 aromatic carbocycles. The Morgan fingerprint density at radius 1 is 1.75 bits per heavy atom. The third-order valence-electron chi connectivity index (χ3n) is 2.28. The first-order valence-electron chi connectivity index (χ1n) is 4.00. The van der Waals surface area contributed by atoms with Gasteiger partial charge in [-0.3, -0.25) is 4.79 Å². The third-order valence-corrected chi connectivity index (χ3v) is 2.28. The number of carbonyl (C=O) groups is 1. The first-order chi connectivity index (χ1) is 5.77. The average molecular weight is 166 g/mol. The lowest BCUT2D eigenvalue weighted by molar-refractivity contribution is -0.142. The number of rotatable bonds is 1. The second kappa shape index (κ2) is 2.62. The molecule has 0 bridgehead atoms. The van der Waals surface area contributed by atoms with E-state index >= 15 is 0 Å². The van der Waals surface area contributed by atoms with Crippen LogP contribution in [0.3, 0.4) is 0 Å². The van der Waals surface area contributed by atoms with E-state index < -0.39 is 5.97 Å². The van der Waals surface area contributed by atoms with E-state index in [9.17, 15) is 4.79 Å². The molecule has 1 aromatic rings. The average Bonchev–Trinajstić information content (AvgIpc) is 2.49. The Balaban J connectivity index is 2.20. The van der Waals surface area contributed by atoms with E-state index in [4.69, 9.17) is 5.11 Å². The lowest BCUT2D eigenvalue weighted by atomic mass is 10.00. The van der Waals surface area contributed by atoms with Crippen LogP contribution in [0.5, 0.6) is 0 Å². The summed E-state index contributed by atoms with van der Waals surface area (Å²) >= 11 is 0. The molecule has 0 aliphatic carbocycles. The minimum atomic E-state index is -0.700. The summed E-state index contributed by atoms with van der Waals surface area (Å²) in [5.41, 5.74) is 0. The van der Waals surface area contributed by atoms with Crippen LogP contribution in [0, 0.1) is 5.92 Å². The van der Waals surface area contributed by atoms with Crippen molar-refractivity contribution in [3.05, 3.63) is 18.2 Å². The Bertz CT molecular complexity index is 306. The summed E-state index contributed by atoms with van der Waals surface area (Å²) in [5.74, 6) is 0.0774. The van der Waals surface area contributed by atoms with E-state index in [1.54, 1.807) is 6.20 Å². The van der Waals surface area contributed by atoms with E-state index in [-0.39, 0.29) is 5.92 Å². The van der Waals surface area contributed by atoms with Crippen LogP contribution in [-0.2, 0) is 17.8 Å². The number of nitrogens with zero attached hydrogens (tertiary/aromatic N) is 2. The van der Waals surface area contributed by atoms with Crippen LogP contribution in [0.15, 0.2) is 12.4 Å². The van der Waals surface area contributed by atoms with Gasteiger partial charge in [0.2, 0.25) is 0 Å². The molecule has 2 heterocycles. The van der Waals surface area contributed by atoms with E-state index in [1.165, 1.54) is 0 Å². The molecule has 4 nitrogen and oxygen atoms in total. The van der Waals surface area contributed by atoms with E-state index in [2.05, 4.69) is 4.98 Å². The lowest BCUT2D eigenvalue weighted by Gasteiger charge is -2.19. The van der Waals surface area contributed by atoms with Crippen molar-refractivity contribution in [1.82, 2.24) is 9.55 Å². The van der Waals surface area contributed by atoms with Gasteiger partial charge < -0.3 is 9.67 Å². The molecule has 1 aromatic heterocycles. The lowest BCUT2D eigenvalue weighted by Crippen LogP contribution is -2.26. The standard InChI is InChI=1S/C8H10N2O2/c11-8(12)6-1-2-7-9-3-4-10(7)5-6/h3-4,6H,1-2,5H2,(H,11,12)/t6-/m1/s1. The fourth-order valence-corrected chi connectivity index (χ4v) is 1.57. The molecule has 64 valence electrons. The summed E-state index contributed by atoms with van der Waals surface area (Å²) in [6.45, 7) is 0.574. The summed E-state index contributed by atoms with van der Waals surface area (Å²) in [6.07, 6.45) is 5.06. The van der Waals surface area contributed by atoms with Crippen molar-refractivity contribution in [1.29, 1.82) is 0 Å². The molecule has 1 atom stereocenters. The summed E-state index contributed by atoms with van der Waals surface area (Å²) in [4.78, 5) is 14.8. The van der Waals surface area contributed by atoms with Gasteiger partial charge in [0, 0.05) is 25.4 Å². The van der Waals surface area contributed by atoms with Crippen molar-refractivity contribution in [3.63, 3.8) is 0 Å². The fourth-order valence-electron chi connectivity index (χ4n) is 1.57. The highest BCUT2D eigenvalue weighted by atomic mass is 16.4. The molecular formula is C8H10N2O2. The minimum absolute atomic E-state index is 0.230. The molecule has 1 aliphatic heterocycles. The summed E-state index contributed by atoms with van der Waals surface area (Å²) < 4.78 is 1.92. The van der Waals surface area contributed by atoms with Crippen molar-refractivity contribution in [2.24, 2.45) is 5.92 Å². The van der Waals surface area contributed by atoms with E-state index in [0.717, 1.165) is 12.2 Å². The highest BCUT2D eigenvalue weighted by Crippen LogP contribution is 2.18. The van der Waals surface area contributed by atoms with Crippen molar-refractivity contribution in [2.45, 2.75) is 19.4 Å². The molecule has 4 heteroatoms. The molecule has 2 rings (SSSR count). The van der Waals surface area contributed by atoms with Crippen LogP contribution < -0.4 is 0 Å². The summed E-state index contributed by atoms with van der Waals surface area (Å²) in [5, 5.41) is 8.77. The second-order valence-electron chi connectivity index (χ2n) is 3.07. The maximum atomic E-state index is 10.7. The number of aliphatic carboxylic acids is 1. The van der Waals surface area contributed by atoms with Crippen molar-refractivity contribution in [2.75, 3.05) is 0 Å². The van der Waals surface area contributed by atoms with Gasteiger partial charge in [0.05, 0.1) is 5.92 Å². The predicted molar refractivity (Wildman–Crippen MR) is 41.7 cm³/mol. The largest absolute Gasteiger partial charge is 0.481 e. The van der Waals surface area contributed by atoms with Gasteiger partial charge in [-0.15, -0.1) is 0 Å². The van der Waals surface area contributed by atoms with Gasteiger partial charge in [-0.1, -0.05) is 0 Å². The van der Waals surface area contributed by atoms with Crippen LogP contribution in [0.2, 0.25) is 0 Å². The Hall–Kier alpha value is -1.32. The number of fused-ring (bicyclic) bond motifs is 1. The number of hydrogen-bond acceptors (Lipinski definition) is 2. The zero-order valence-corrected chi connectivity index (χ0v) is 6.60. The Kier molecular flexibility index (Phi) is 1.60. The Labute approximate surface area is 69.8 Å². The molecule has 0 saturated carbocycles. The fraction of sp³-hybridized carbons (Fsp3) is 0.500. The normalized spacial score (nSPS) is 21.8. The molecule has 0 spiro atoms. The zero-order chi connectivity index (χ0) is 8.55. The molecule has 0 amide bonds. The number of imidazole rings is 1. The maximum absolute atomic E-state index is 10.7. The Morgan fingerprint density at radius 3 is 3.33 bits per heavy atom. The van der Waals surface area contributed by atoms with Crippen LogP contribution in [0.25, 0.3) is 0 Å². The highest BCUT2D eigenvalue weighted by molar-refractivity contribution is 5.70. The van der Waals surface area contributed by atoms with Gasteiger partial charge in [0.15, 0.2) is 0 Å². The third kappa shape index (κ3) is 1.09. The second-order valence-corrected chi connectivity index (χ2v) is 3.07. The molecule has 0 saturated heterocycles. The van der Waals surface area contributed by atoms with Crippen LogP contribution >= 0.6 is 0 Å². The van der Waals surface area contributed by atoms with Crippen LogP contribution in [-0.4, -0.2) is 20.6 Å². The molecule has 0 fully saturated rings. The van der Waals surface area contributed by atoms with Gasteiger partial charge in [0.1, 0.15) is 5.82 Å². The zero-order valence-electron chi connectivity index (χ0n) is 6.60. The molecular weight excluding hydrogens is 156 g/mol. The van der Waals surface area contributed by atoms with Crippen molar-refractivity contribution in [3.8, 4) is 0 Å². The van der Waals surface area contributed by atoms with Gasteiger partial charge >= 0.3 is 5.97 Å². The smallest absolute Gasteiger partial charge is 0.308 e. The molecule has 0 unspecified atom stereocenters. The number of aromatic nitrogens is 2. The number of aryl methyl sites for hydroxylation is 1. The van der Waals surface area contributed by atoms with Gasteiger partial charge in [0.25, 0.3) is 0 Å². The molecule has 0 radical (unpaired) electrons. The molecule has 1 aliphatic rings. The van der Waals surface area contributed by atoms with E-state index in [1.807, 2.05) is 10.8 Å². The first kappa shape index (κ1) is 7.34. The van der Waals surface area contributed by atoms with Crippen LogP contribution in [0.1, 0.15) is 12.2 Å². The Morgan fingerprint density at radius 2 is 2.58 bits per heavy atom. The van der Waals surface area contributed by atoms with Crippen molar-refractivity contribution < 1.29 is 9.90 Å². The quantitative estimate of drug-likeness (QED) is 0.662. The topological polar surface area (TPSA) is 55.1 Å². The predicted octanol–water partition coefficient (Wildman–Crippen LogP) is 0.530. The summed E-state index contributed by atoms with van der Waals surface area (Å²) in [6, 6.07) is 0. The summed E-state index contributed by atoms with van der Waals surface area (Å²) in [7, 11) is 0. The highest BCUT2D eigenvalue weighted by Gasteiger charge is 2.23. The first-order valence-corrected chi connectivity index (χ1v) is 4.00. The van der Waals surface area contributed by atoms with Crippen LogP contribution in [0.4, 0.5) is 0 Å². The number of carboxylic acids is 1. The SMILES string of the molecule is O=C(O)[C@@H]1CCc2nccn2C1. The maximum Gasteiger partial charge on any atom is 0.308 e. The van der Waals surface area contributed by atoms with Gasteiger partial charge in [-0.2, -0.15) is 0 Å². The van der Waals surface area contributed by atoms with Gasteiger partial charge in [-0.05, 0) is 6.42 Å². The van der Waals surface area contributed by atoms with Gasteiger partial charge in [-0.25, -0.2) is 4.98 Å². The molecule has 1 N–H and O–H groups in total. The monoisotopic (exact) mass is 166 g/mol. The number of carboxylic acid groups (broad SMARTS) is 1. The minimum Gasteiger partial charge on any atom is -0.481 e. The van der Waals surface area contributed by atoms with E-state index in [0.29, 0.717) is 13.0 Å². The molecule has 12 heavy (non-hydrogen) atoms. The van der Waals surface area contributed by atoms with Crippen molar-refractivity contribution >= 4 is 5.97 Å². The number of hydrogen-bond donors (Lipinski definition) is 1.